The van der Waals surface area contributed by atoms with E-state index in [9.17, 15) is 9.59 Å². The summed E-state index contributed by atoms with van der Waals surface area (Å²) < 4.78 is 4.45. The van der Waals surface area contributed by atoms with Crippen LogP contribution in [0.2, 0.25) is 0 Å². The van der Waals surface area contributed by atoms with Gasteiger partial charge in [-0.3, -0.25) is 10.1 Å². The number of aromatic carboxylic acids is 1. The summed E-state index contributed by atoms with van der Waals surface area (Å²) in [4.78, 5) is 22.1. The number of carbonyl (C=O) groups is 2. The molecule has 17 heavy (non-hydrogen) atoms. The Balaban J connectivity index is 2.11. The van der Waals surface area contributed by atoms with Crippen LogP contribution in [0.5, 0.6) is 0 Å². The van der Waals surface area contributed by atoms with Crippen LogP contribution in [0.3, 0.4) is 0 Å². The Labute approximate surface area is 98.3 Å². The Bertz CT molecular complexity index is 576. The van der Waals surface area contributed by atoms with Gasteiger partial charge in [0.25, 0.3) is 5.91 Å². The van der Waals surface area contributed by atoms with E-state index < -0.39 is 17.6 Å². The van der Waals surface area contributed by atoms with Crippen LogP contribution in [0.15, 0.2) is 10.6 Å². The van der Waals surface area contributed by atoms with Crippen LogP contribution in [0, 0.1) is 6.92 Å². The lowest BCUT2D eigenvalue weighted by Crippen LogP contribution is -2.12. The fraction of sp³-hybridized carbons (Fsp3) is 0.125. The molecule has 0 aliphatic carbocycles. The average molecular weight is 254 g/mol. The van der Waals surface area contributed by atoms with E-state index >= 15 is 0 Å². The van der Waals surface area contributed by atoms with E-state index in [4.69, 9.17) is 5.11 Å². The highest BCUT2D eigenvalue weighted by Crippen LogP contribution is 2.15. The molecule has 88 valence electrons. The third-order valence-electron chi connectivity index (χ3n) is 1.70. The van der Waals surface area contributed by atoms with Gasteiger partial charge in [-0.1, -0.05) is 16.5 Å². The van der Waals surface area contributed by atoms with E-state index in [0.29, 0.717) is 10.1 Å². The van der Waals surface area contributed by atoms with Crippen LogP contribution in [0.4, 0.5) is 5.13 Å². The summed E-state index contributed by atoms with van der Waals surface area (Å²) in [7, 11) is 0. The lowest BCUT2D eigenvalue weighted by molar-refractivity contribution is 0.0651. The minimum Gasteiger partial charge on any atom is -0.475 e. The van der Waals surface area contributed by atoms with Crippen molar-refractivity contribution < 1.29 is 19.2 Å². The minimum absolute atomic E-state index is 0.129. The molecular weight excluding hydrogens is 248 g/mol. The molecule has 0 aliphatic rings. The first-order valence-electron chi connectivity index (χ1n) is 4.37. The van der Waals surface area contributed by atoms with E-state index in [1.807, 2.05) is 0 Å². The molecule has 0 unspecified atom stereocenters. The van der Waals surface area contributed by atoms with Gasteiger partial charge in [-0.05, 0) is 6.92 Å². The van der Waals surface area contributed by atoms with Crippen molar-refractivity contribution in [2.45, 2.75) is 6.92 Å². The summed E-state index contributed by atoms with van der Waals surface area (Å²) in [6, 6.07) is 1.03. The zero-order valence-electron chi connectivity index (χ0n) is 8.50. The van der Waals surface area contributed by atoms with Gasteiger partial charge < -0.3 is 9.63 Å². The summed E-state index contributed by atoms with van der Waals surface area (Å²) in [6.07, 6.45) is 0. The highest BCUT2D eigenvalue weighted by molar-refractivity contribution is 7.15. The maximum Gasteiger partial charge on any atom is 0.374 e. The monoisotopic (exact) mass is 254 g/mol. The summed E-state index contributed by atoms with van der Waals surface area (Å²) in [5.41, 5.74) is -0.129. The summed E-state index contributed by atoms with van der Waals surface area (Å²) in [6.45, 7) is 1.74. The smallest absolute Gasteiger partial charge is 0.374 e. The molecule has 0 saturated heterocycles. The SMILES string of the molecule is Cc1nnc(NC(=O)c2cc(C(=O)O)on2)s1. The number of aromatic nitrogens is 3. The molecule has 2 heterocycles. The molecule has 0 bridgehead atoms. The lowest BCUT2D eigenvalue weighted by Gasteiger charge is -1.94. The van der Waals surface area contributed by atoms with Gasteiger partial charge in [0.2, 0.25) is 10.9 Å². The molecule has 0 aliphatic heterocycles. The van der Waals surface area contributed by atoms with Crippen molar-refractivity contribution in [3.63, 3.8) is 0 Å². The number of aryl methyl sites for hydroxylation is 1. The molecule has 2 aromatic rings. The van der Waals surface area contributed by atoms with Crippen molar-refractivity contribution in [2.24, 2.45) is 0 Å². The number of hydrogen-bond acceptors (Lipinski definition) is 7. The minimum atomic E-state index is -1.29. The fourth-order valence-electron chi connectivity index (χ4n) is 0.991. The Morgan fingerprint density at radius 2 is 2.24 bits per heavy atom. The quantitative estimate of drug-likeness (QED) is 0.830. The number of nitrogens with zero attached hydrogens (tertiary/aromatic N) is 3. The first kappa shape index (κ1) is 11.2. The van der Waals surface area contributed by atoms with Crippen molar-refractivity contribution >= 4 is 28.3 Å². The van der Waals surface area contributed by atoms with E-state index in [-0.39, 0.29) is 5.69 Å². The van der Waals surface area contributed by atoms with Crippen LogP contribution in [-0.2, 0) is 0 Å². The molecule has 2 aromatic heterocycles. The van der Waals surface area contributed by atoms with Crippen molar-refractivity contribution in [3.8, 4) is 0 Å². The first-order valence-corrected chi connectivity index (χ1v) is 5.19. The summed E-state index contributed by atoms with van der Waals surface area (Å²) in [5.74, 6) is -2.29. The molecule has 0 fully saturated rings. The second-order valence-electron chi connectivity index (χ2n) is 2.96. The third-order valence-corrected chi connectivity index (χ3v) is 2.45. The van der Waals surface area contributed by atoms with Gasteiger partial charge in [0.05, 0.1) is 0 Å². The second kappa shape index (κ2) is 4.29. The van der Waals surface area contributed by atoms with Gasteiger partial charge in [-0.25, -0.2) is 4.79 Å². The highest BCUT2D eigenvalue weighted by atomic mass is 32.1. The number of amides is 1. The average Bonchev–Trinajstić information content (AvgIpc) is 2.86. The van der Waals surface area contributed by atoms with Crippen LogP contribution in [0.25, 0.3) is 0 Å². The molecule has 0 spiro atoms. The lowest BCUT2D eigenvalue weighted by atomic mass is 10.3. The molecule has 8 nitrogen and oxygen atoms in total. The molecule has 0 saturated carbocycles. The van der Waals surface area contributed by atoms with E-state index in [2.05, 4.69) is 25.2 Å². The molecule has 9 heteroatoms. The zero-order valence-corrected chi connectivity index (χ0v) is 9.32. The number of nitrogens with one attached hydrogen (secondary N) is 1. The van der Waals surface area contributed by atoms with E-state index in [1.54, 1.807) is 6.92 Å². The molecule has 2 N–H and O–H groups in total. The number of carboxylic acids is 1. The van der Waals surface area contributed by atoms with Gasteiger partial charge in [0.15, 0.2) is 5.69 Å². The third kappa shape index (κ3) is 2.45. The van der Waals surface area contributed by atoms with Crippen LogP contribution in [0.1, 0.15) is 26.1 Å². The fourth-order valence-corrected chi connectivity index (χ4v) is 1.58. The van der Waals surface area contributed by atoms with E-state index in [1.165, 1.54) is 11.3 Å². The number of carboxylic acid groups (broad SMARTS) is 1. The summed E-state index contributed by atoms with van der Waals surface area (Å²) in [5, 5.41) is 22.7. The van der Waals surface area contributed by atoms with Crippen molar-refractivity contribution in [1.82, 2.24) is 15.4 Å². The van der Waals surface area contributed by atoms with Crippen LogP contribution < -0.4 is 5.32 Å². The standard InChI is InChI=1S/C8H6N4O4S/c1-3-10-11-8(17-3)9-6(13)4-2-5(7(14)15)16-12-4/h2H,1H3,(H,14,15)(H,9,11,13). The van der Waals surface area contributed by atoms with E-state index in [0.717, 1.165) is 6.07 Å². The number of anilines is 1. The second-order valence-corrected chi connectivity index (χ2v) is 4.14. The largest absolute Gasteiger partial charge is 0.475 e. The van der Waals surface area contributed by atoms with Gasteiger partial charge >= 0.3 is 5.97 Å². The number of carbonyl (C=O) groups excluding carboxylic acids is 1. The Kier molecular flexibility index (Phi) is 2.83. The zero-order chi connectivity index (χ0) is 12.4. The van der Waals surface area contributed by atoms with Gasteiger partial charge in [0, 0.05) is 6.07 Å². The first-order chi connectivity index (χ1) is 8.06. The van der Waals surface area contributed by atoms with Crippen molar-refractivity contribution in [3.05, 3.63) is 22.5 Å². The Morgan fingerprint density at radius 3 is 2.76 bits per heavy atom. The summed E-state index contributed by atoms with van der Waals surface area (Å²) >= 11 is 1.19. The number of rotatable bonds is 3. The molecule has 1 amide bonds. The predicted molar refractivity (Wildman–Crippen MR) is 56.1 cm³/mol. The predicted octanol–water partition coefficient (Wildman–Crippen LogP) is 0.785. The van der Waals surface area contributed by atoms with Crippen LogP contribution in [-0.4, -0.2) is 32.3 Å². The molecule has 0 atom stereocenters. The van der Waals surface area contributed by atoms with Crippen molar-refractivity contribution in [1.29, 1.82) is 0 Å². The topological polar surface area (TPSA) is 118 Å². The van der Waals surface area contributed by atoms with Crippen LogP contribution >= 0.6 is 11.3 Å². The Hall–Kier alpha value is -2.29. The Morgan fingerprint density at radius 1 is 1.47 bits per heavy atom. The van der Waals surface area contributed by atoms with Gasteiger partial charge in [0.1, 0.15) is 5.01 Å². The maximum absolute atomic E-state index is 11.6. The molecule has 0 radical (unpaired) electrons. The van der Waals surface area contributed by atoms with Gasteiger partial charge in [-0.2, -0.15) is 0 Å². The maximum atomic E-state index is 11.6. The molecule has 0 aromatic carbocycles. The highest BCUT2D eigenvalue weighted by Gasteiger charge is 2.17. The molecule has 2 rings (SSSR count). The number of hydrogen-bond donors (Lipinski definition) is 2. The normalized spacial score (nSPS) is 10.2. The molecular formula is C8H6N4O4S. The van der Waals surface area contributed by atoms with Gasteiger partial charge in [-0.15, -0.1) is 10.2 Å². The van der Waals surface area contributed by atoms with Crippen molar-refractivity contribution in [2.75, 3.05) is 5.32 Å².